The van der Waals surface area contributed by atoms with Crippen LogP contribution in [0.4, 0.5) is 0 Å². The fraction of sp³-hybridized carbons (Fsp3) is 0.610. The largest absolute Gasteiger partial charge is 0.495 e. The van der Waals surface area contributed by atoms with Crippen molar-refractivity contribution in [1.29, 1.82) is 0 Å². The number of fused-ring (bicyclic) bond motifs is 15. The van der Waals surface area contributed by atoms with Gasteiger partial charge in [0.25, 0.3) is 0 Å². The van der Waals surface area contributed by atoms with E-state index >= 15 is 0 Å². The molecule has 0 radical (unpaired) electrons. The van der Waals surface area contributed by atoms with Gasteiger partial charge in [0.05, 0.1) is 13.3 Å². The maximum atomic E-state index is 12.5. The van der Waals surface area contributed by atoms with E-state index in [-0.39, 0.29) is 32.5 Å². The van der Waals surface area contributed by atoms with Crippen LogP contribution in [0.5, 0.6) is 5.75 Å². The number of methoxy groups -OCH3 is 1. The molecule has 9 aliphatic carbocycles. The lowest BCUT2D eigenvalue weighted by Crippen LogP contribution is -2.50. The molecular formula is C77H100N6O4. The third-order valence-corrected chi connectivity index (χ3v) is 26.9. The van der Waals surface area contributed by atoms with Crippen molar-refractivity contribution in [2.24, 2.45) is 85.8 Å². The number of hydrogen-bond acceptors (Lipinski definition) is 7. The van der Waals surface area contributed by atoms with Gasteiger partial charge < -0.3 is 19.4 Å². The van der Waals surface area contributed by atoms with Crippen molar-refractivity contribution in [3.05, 3.63) is 137 Å². The number of amides is 3. The zero-order chi connectivity index (χ0) is 61.0. The van der Waals surface area contributed by atoms with Crippen molar-refractivity contribution in [3.8, 4) is 5.75 Å². The molecule has 0 spiro atoms. The Morgan fingerprint density at radius 1 is 0.437 bits per heavy atom. The molecule has 15 atom stereocenters. The van der Waals surface area contributed by atoms with Crippen molar-refractivity contribution in [1.82, 2.24) is 29.7 Å². The van der Waals surface area contributed by atoms with Crippen LogP contribution in [-0.4, -0.2) is 75.6 Å². The second kappa shape index (κ2) is 22.5. The lowest BCUT2D eigenvalue weighted by Gasteiger charge is -2.56. The topological polar surface area (TPSA) is 109 Å². The molecule has 462 valence electrons. The SMILES string of the molecule is CN1C(=O)CCC[C@@]2(C)C1=CC[C@@H]1[C@@H]2CC[C@]2(C)C(c3cccnc3)=CC[C@@H]12.COc1cncc(C2=CC[C@H]3[C@@H]4CC=C5N(C)C(=O)CCC[C@]5(C)[C@H]4CC[C@]23C)c1.Cc1cncc(C2=CC[C@H]3[C@@H]4CC=C5N(C)C(=O)CCC[C@]5(C)[C@H]4CC[C@]23C)c1. The molecule has 12 aliphatic rings. The standard InChI is InChI=1S/C26H34N2O2.C26H34N2O.C25H32N2O/c1-25-13-11-22-19(7-10-23-26(22,2)12-5-6-24(29)28(23)3)21(25)9-8-20(25)17-14-18(30-4)16-27-15-17;1-17-14-18(16-27-15-17)20-8-9-21-19-7-10-23-26(3,12-5-6-24(29)28(23)4)22(19)11-13-25(20,21)2;1-24-14-12-21-18(20(24)10-9-19(24)17-6-5-15-26-16-17)8-11-22-25(21,2)13-4-7-23(28)27(22)3/h8,10,14-16,19,21-22H,5-7,9,11-13H2,1-4H3;8,10,14-16,19,21-22H,5-7,9,11-13H2,1-4H3;5-6,9,11,15-16,18,20-21H,4,7-8,10,12-14H2,1-3H3/t2*19-,21-,22-,25+,26+;18-,20-,21-,24+,25+/m000/s1. The summed E-state index contributed by atoms with van der Waals surface area (Å²) < 4.78 is 5.44. The van der Waals surface area contributed by atoms with Gasteiger partial charge in [0.2, 0.25) is 17.7 Å². The van der Waals surface area contributed by atoms with Crippen molar-refractivity contribution in [2.75, 3.05) is 28.3 Å². The van der Waals surface area contributed by atoms with Crippen LogP contribution in [0.3, 0.4) is 0 Å². The normalized spacial score (nSPS) is 39.0. The van der Waals surface area contributed by atoms with Gasteiger partial charge in [0.1, 0.15) is 5.75 Å². The van der Waals surface area contributed by atoms with Gasteiger partial charge in [0, 0.05) is 105 Å². The fourth-order valence-electron chi connectivity index (χ4n) is 22.4. The minimum atomic E-state index is 0.130. The van der Waals surface area contributed by atoms with E-state index in [9.17, 15) is 14.4 Å². The van der Waals surface area contributed by atoms with Gasteiger partial charge in [-0.05, 0) is 249 Å². The first-order valence-corrected chi connectivity index (χ1v) is 34.0. The molecule has 0 N–H and O–H groups in total. The average molecular weight is 1170 g/mol. The smallest absolute Gasteiger partial charge is 0.226 e. The first-order valence-electron chi connectivity index (χ1n) is 34.0. The lowest BCUT2D eigenvalue weighted by molar-refractivity contribution is -0.129. The molecule has 3 aromatic rings. The predicted octanol–water partition coefficient (Wildman–Crippen LogP) is 16.7. The lowest BCUT2D eigenvalue weighted by atomic mass is 9.49. The Morgan fingerprint density at radius 3 is 1.20 bits per heavy atom. The molecule has 0 unspecified atom stereocenters. The first kappa shape index (κ1) is 60.0. The van der Waals surface area contributed by atoms with E-state index in [1.165, 1.54) is 107 Å². The van der Waals surface area contributed by atoms with E-state index in [1.807, 2.05) is 60.6 Å². The van der Waals surface area contributed by atoms with E-state index in [0.717, 1.165) is 81.8 Å². The molecule has 6 fully saturated rings. The fourth-order valence-corrected chi connectivity index (χ4v) is 22.4. The monoisotopic (exact) mass is 1170 g/mol. The number of rotatable bonds is 4. The number of carbonyl (C=O) groups is 3. The molecule has 15 rings (SSSR count). The molecule has 0 aromatic carbocycles. The number of likely N-dealkylation sites (tertiary alicyclic amines) is 3. The Hall–Kier alpha value is -5.90. The molecule has 3 saturated carbocycles. The minimum absolute atomic E-state index is 0.130. The molecule has 10 heteroatoms. The molecular weight excluding hydrogens is 1070 g/mol. The molecule has 10 nitrogen and oxygen atoms in total. The van der Waals surface area contributed by atoms with Crippen LogP contribution < -0.4 is 4.74 Å². The van der Waals surface area contributed by atoms with Crippen molar-refractivity contribution >= 4 is 34.4 Å². The number of carbonyl (C=O) groups excluding carboxylic acids is 3. The number of ether oxygens (including phenoxy) is 1. The van der Waals surface area contributed by atoms with Crippen LogP contribution in [0.2, 0.25) is 0 Å². The molecule has 3 aromatic heterocycles. The number of allylic oxidation sites excluding steroid dienone is 12. The highest BCUT2D eigenvalue weighted by Gasteiger charge is 2.61. The third-order valence-electron chi connectivity index (χ3n) is 26.9. The number of hydrogen-bond donors (Lipinski definition) is 0. The Morgan fingerprint density at radius 2 is 0.816 bits per heavy atom. The Bertz CT molecular complexity index is 3410. The Kier molecular flexibility index (Phi) is 15.6. The van der Waals surface area contributed by atoms with E-state index in [1.54, 1.807) is 13.3 Å². The number of pyridine rings is 3. The van der Waals surface area contributed by atoms with Gasteiger partial charge in [-0.25, -0.2) is 0 Å². The second-order valence-electron chi connectivity index (χ2n) is 30.8. The summed E-state index contributed by atoms with van der Waals surface area (Å²) in [7, 11) is 7.71. The first-order chi connectivity index (χ1) is 41.7. The van der Waals surface area contributed by atoms with Crippen LogP contribution >= 0.6 is 0 Å². The van der Waals surface area contributed by atoms with Gasteiger partial charge in [0.15, 0.2) is 0 Å². The summed E-state index contributed by atoms with van der Waals surface area (Å²) >= 11 is 0. The summed E-state index contributed by atoms with van der Waals surface area (Å²) in [5, 5.41) is 0. The highest BCUT2D eigenvalue weighted by molar-refractivity contribution is 5.80. The van der Waals surface area contributed by atoms with Crippen LogP contribution in [0, 0.1) is 92.7 Å². The van der Waals surface area contributed by atoms with Crippen molar-refractivity contribution in [3.63, 3.8) is 0 Å². The third kappa shape index (κ3) is 9.64. The number of aryl methyl sites for hydroxylation is 1. The average Bonchev–Trinajstić information content (AvgIpc) is 1.70. The predicted molar refractivity (Wildman–Crippen MR) is 347 cm³/mol. The molecule has 3 saturated heterocycles. The summed E-state index contributed by atoms with van der Waals surface area (Å²) in [5.41, 5.74) is 14.7. The molecule has 0 bridgehead atoms. The molecule has 87 heavy (non-hydrogen) atoms. The van der Waals surface area contributed by atoms with Gasteiger partial charge in [-0.2, -0.15) is 0 Å². The zero-order valence-electron chi connectivity index (χ0n) is 54.6. The Labute approximate surface area is 521 Å². The summed E-state index contributed by atoms with van der Waals surface area (Å²) in [6, 6.07) is 8.74. The van der Waals surface area contributed by atoms with E-state index in [0.29, 0.717) is 78.4 Å². The van der Waals surface area contributed by atoms with Crippen LogP contribution in [0.25, 0.3) is 16.7 Å². The maximum absolute atomic E-state index is 12.5. The van der Waals surface area contributed by atoms with Gasteiger partial charge in [-0.3, -0.25) is 29.3 Å². The summed E-state index contributed by atoms with van der Waals surface area (Å²) in [4.78, 5) is 56.8. The Balaban J connectivity index is 0.000000121. The summed E-state index contributed by atoms with van der Waals surface area (Å²) in [6.45, 7) is 17.0. The van der Waals surface area contributed by atoms with Gasteiger partial charge >= 0.3 is 0 Å². The van der Waals surface area contributed by atoms with Crippen molar-refractivity contribution < 1.29 is 19.1 Å². The van der Waals surface area contributed by atoms with Crippen LogP contribution in [0.1, 0.15) is 199 Å². The molecule has 6 heterocycles. The second-order valence-corrected chi connectivity index (χ2v) is 30.8. The maximum Gasteiger partial charge on any atom is 0.226 e. The quantitative estimate of drug-likeness (QED) is 0.256. The molecule has 3 amide bonds. The summed E-state index contributed by atoms with van der Waals surface area (Å²) in [5.74, 6) is 7.98. The van der Waals surface area contributed by atoms with Crippen LogP contribution in [0.15, 0.2) is 115 Å². The van der Waals surface area contributed by atoms with E-state index < -0.39 is 0 Å². The minimum Gasteiger partial charge on any atom is -0.495 e. The van der Waals surface area contributed by atoms with Gasteiger partial charge in [-0.15, -0.1) is 0 Å². The van der Waals surface area contributed by atoms with Crippen LogP contribution in [-0.2, 0) is 14.4 Å². The van der Waals surface area contributed by atoms with E-state index in [4.69, 9.17) is 4.74 Å². The van der Waals surface area contributed by atoms with Crippen molar-refractivity contribution in [2.45, 2.75) is 183 Å². The van der Waals surface area contributed by atoms with E-state index in [2.05, 4.69) is 130 Å². The number of nitrogens with zero attached hydrogens (tertiary/aromatic N) is 6. The van der Waals surface area contributed by atoms with Gasteiger partial charge in [-0.1, -0.05) is 84.1 Å². The summed E-state index contributed by atoms with van der Waals surface area (Å²) in [6.07, 6.45) is 49.5. The zero-order valence-corrected chi connectivity index (χ0v) is 54.6. The number of aromatic nitrogens is 3. The molecule has 3 aliphatic heterocycles. The highest BCUT2D eigenvalue weighted by Crippen LogP contribution is 2.69. The highest BCUT2D eigenvalue weighted by atomic mass is 16.5.